The number of aliphatic hydroxyl groups is 6. The van der Waals surface area contributed by atoms with E-state index in [1.54, 1.807) is 6.92 Å². The molecule has 0 bridgehead atoms. The molecule has 2 aliphatic carbocycles. The molecule has 0 aromatic heterocycles. The lowest BCUT2D eigenvalue weighted by Gasteiger charge is -2.47. The van der Waals surface area contributed by atoms with E-state index >= 15 is 0 Å². The molecule has 3 saturated heterocycles. The molecule has 5 aliphatic rings. The second kappa shape index (κ2) is 12.1. The lowest BCUT2D eigenvalue weighted by atomic mass is 9.67. The van der Waals surface area contributed by atoms with Crippen LogP contribution in [0.15, 0.2) is 23.8 Å². The molecule has 0 radical (unpaired) electrons. The van der Waals surface area contributed by atoms with Crippen molar-refractivity contribution in [3.63, 3.8) is 0 Å². The van der Waals surface area contributed by atoms with Gasteiger partial charge < -0.3 is 54.3 Å². The van der Waals surface area contributed by atoms with Gasteiger partial charge in [0.15, 0.2) is 12.6 Å². The van der Waals surface area contributed by atoms with Gasteiger partial charge in [-0.05, 0) is 77.2 Å². The van der Waals surface area contributed by atoms with E-state index in [0.29, 0.717) is 6.42 Å². The molecule has 11 nitrogen and oxygen atoms in total. The maximum absolute atomic E-state index is 11.2. The van der Waals surface area contributed by atoms with Crippen molar-refractivity contribution in [3.8, 4) is 0 Å². The minimum Gasteiger partial charge on any atom is -0.389 e. The second-order valence-corrected chi connectivity index (χ2v) is 13.8. The maximum atomic E-state index is 11.2. The Morgan fingerprint density at radius 2 is 1.67 bits per heavy atom. The Bertz CT molecular complexity index is 1020. The topological polar surface area (TPSA) is 171 Å². The highest BCUT2D eigenvalue weighted by Crippen LogP contribution is 2.59. The summed E-state index contributed by atoms with van der Waals surface area (Å²) in [7, 11) is 0. The third kappa shape index (κ3) is 5.88. The molecular formula is C31H50O11. The monoisotopic (exact) mass is 598 g/mol. The van der Waals surface area contributed by atoms with E-state index in [0.717, 1.165) is 36.8 Å². The van der Waals surface area contributed by atoms with Gasteiger partial charge in [0, 0.05) is 5.41 Å². The molecule has 16 atom stereocenters. The summed E-state index contributed by atoms with van der Waals surface area (Å²) in [5.74, 6) is 0.223. The number of hydrogen-bond donors (Lipinski definition) is 6. The molecule has 0 spiro atoms. The van der Waals surface area contributed by atoms with Gasteiger partial charge in [-0.25, -0.2) is 0 Å². The van der Waals surface area contributed by atoms with Crippen LogP contribution in [-0.4, -0.2) is 116 Å². The van der Waals surface area contributed by atoms with E-state index in [1.807, 2.05) is 13.8 Å². The molecular weight excluding hydrogens is 548 g/mol. The summed E-state index contributed by atoms with van der Waals surface area (Å²) in [6, 6.07) is 0. The van der Waals surface area contributed by atoms with E-state index < -0.39 is 78.5 Å². The summed E-state index contributed by atoms with van der Waals surface area (Å²) in [6.07, 6.45) is -7.20. The zero-order chi connectivity index (χ0) is 30.7. The Hall–Kier alpha value is -0.960. The fraction of sp³-hybridized carbons (Fsp3) is 0.871. The Kier molecular flexibility index (Phi) is 9.34. The highest BCUT2D eigenvalue weighted by atomic mass is 16.7. The maximum Gasteiger partial charge on any atom is 0.186 e. The van der Waals surface area contributed by atoms with Crippen LogP contribution in [0.1, 0.15) is 66.7 Å². The molecule has 0 unspecified atom stereocenters. The lowest BCUT2D eigenvalue weighted by Crippen LogP contribution is -2.63. The number of epoxide rings is 1. The molecule has 3 heterocycles. The highest BCUT2D eigenvalue weighted by molar-refractivity contribution is 5.18. The van der Waals surface area contributed by atoms with Gasteiger partial charge in [0.05, 0.1) is 30.5 Å². The number of allylic oxidation sites excluding steroid dienone is 2. The number of hydrogen-bond acceptors (Lipinski definition) is 11. The first-order valence-corrected chi connectivity index (χ1v) is 15.3. The molecule has 42 heavy (non-hydrogen) atoms. The molecule has 4 fully saturated rings. The standard InChI is InChI=1S/C31H50O11/c1-14(2)17-9-11-30(5)18(17)12-19(32)15(3)8-7-10-31(6)27(42-31)26(30)41-29-24(37)22(35)25(16(4)39-29)40-28-23(36)21(34)20(33)13-38-28/h8,16-29,32-37H,1,7,9-13H2,2-6H3/b15-8-/t16-,17-,18-,19+,20-,21-,22-,23+,24+,25-,26-,27-,28-,29-,30-,31-/m0/s1. The molecule has 0 aromatic carbocycles. The van der Waals surface area contributed by atoms with Gasteiger partial charge in [0.2, 0.25) is 0 Å². The zero-order valence-electron chi connectivity index (χ0n) is 25.3. The van der Waals surface area contributed by atoms with Gasteiger partial charge in [0.1, 0.15) is 42.7 Å². The fourth-order valence-corrected chi connectivity index (χ4v) is 7.75. The summed E-state index contributed by atoms with van der Waals surface area (Å²) in [5.41, 5.74) is 1.13. The molecule has 6 N–H and O–H groups in total. The number of rotatable bonds is 5. The molecule has 1 saturated carbocycles. The number of fused-ring (bicyclic) bond motifs is 2. The normalized spacial score (nSPS) is 54.6. The van der Waals surface area contributed by atoms with Crippen molar-refractivity contribution in [2.24, 2.45) is 17.3 Å². The van der Waals surface area contributed by atoms with Crippen LogP contribution in [0.4, 0.5) is 0 Å². The summed E-state index contributed by atoms with van der Waals surface area (Å²) in [6.45, 7) is 13.9. The van der Waals surface area contributed by atoms with Crippen molar-refractivity contribution in [3.05, 3.63) is 23.8 Å². The lowest BCUT2D eigenvalue weighted by molar-refractivity contribution is -0.353. The first-order valence-electron chi connectivity index (χ1n) is 15.3. The third-order valence-electron chi connectivity index (χ3n) is 10.7. The van der Waals surface area contributed by atoms with Crippen LogP contribution in [0, 0.1) is 17.3 Å². The first kappa shape index (κ1) is 32.4. The van der Waals surface area contributed by atoms with Gasteiger partial charge in [0.25, 0.3) is 0 Å². The second-order valence-electron chi connectivity index (χ2n) is 13.8. The quantitative estimate of drug-likeness (QED) is 0.196. The van der Waals surface area contributed by atoms with Crippen LogP contribution < -0.4 is 0 Å². The van der Waals surface area contributed by atoms with Crippen LogP contribution in [0.25, 0.3) is 0 Å². The molecule has 5 rings (SSSR count). The predicted molar refractivity (Wildman–Crippen MR) is 150 cm³/mol. The van der Waals surface area contributed by atoms with Crippen LogP contribution in [-0.2, 0) is 23.7 Å². The Labute approximate surface area is 248 Å². The van der Waals surface area contributed by atoms with Crippen molar-refractivity contribution in [1.82, 2.24) is 0 Å². The van der Waals surface area contributed by atoms with Crippen molar-refractivity contribution in [1.29, 1.82) is 0 Å². The summed E-state index contributed by atoms with van der Waals surface area (Å²) < 4.78 is 30.3. The molecule has 11 heteroatoms. The largest absolute Gasteiger partial charge is 0.389 e. The minimum absolute atomic E-state index is 0.0378. The van der Waals surface area contributed by atoms with E-state index in [-0.39, 0.29) is 24.5 Å². The predicted octanol–water partition coefficient (Wildman–Crippen LogP) is 0.920. The van der Waals surface area contributed by atoms with Gasteiger partial charge in [-0.2, -0.15) is 0 Å². The SMILES string of the molecule is C=C(C)[C@@H]1CC[C@@]2(C)[C@H]1C[C@@H](O)/C(C)=C\CC[C@]1(C)O[C@H]1[C@@H]2O[C@@H]1O[C@@H](C)[C@H](O[C@@H]2OC[C@H](O)[C@H](O)[C@H]2O)[C@@H](O)[C@H]1O. The zero-order valence-corrected chi connectivity index (χ0v) is 25.3. The Morgan fingerprint density at radius 3 is 2.36 bits per heavy atom. The Morgan fingerprint density at radius 1 is 0.976 bits per heavy atom. The summed E-state index contributed by atoms with van der Waals surface area (Å²) in [5, 5.41) is 63.7. The van der Waals surface area contributed by atoms with Crippen LogP contribution in [0.3, 0.4) is 0 Å². The first-order chi connectivity index (χ1) is 19.7. The fourth-order valence-electron chi connectivity index (χ4n) is 7.75. The van der Waals surface area contributed by atoms with E-state index in [1.165, 1.54) is 0 Å². The van der Waals surface area contributed by atoms with Gasteiger partial charge in [-0.3, -0.25) is 0 Å². The van der Waals surface area contributed by atoms with Gasteiger partial charge in [-0.1, -0.05) is 25.2 Å². The highest BCUT2D eigenvalue weighted by Gasteiger charge is 2.65. The number of ether oxygens (including phenoxy) is 5. The summed E-state index contributed by atoms with van der Waals surface area (Å²) >= 11 is 0. The average Bonchev–Trinajstić information content (AvgIpc) is 3.48. The van der Waals surface area contributed by atoms with Crippen LogP contribution in [0.5, 0.6) is 0 Å². The van der Waals surface area contributed by atoms with E-state index in [4.69, 9.17) is 23.7 Å². The van der Waals surface area contributed by atoms with E-state index in [9.17, 15) is 30.6 Å². The van der Waals surface area contributed by atoms with Gasteiger partial charge >= 0.3 is 0 Å². The number of aliphatic hydroxyl groups excluding tert-OH is 6. The van der Waals surface area contributed by atoms with Crippen molar-refractivity contribution in [2.75, 3.05) is 6.61 Å². The van der Waals surface area contributed by atoms with E-state index in [2.05, 4.69) is 26.5 Å². The average molecular weight is 599 g/mol. The van der Waals surface area contributed by atoms with Gasteiger partial charge in [-0.15, -0.1) is 0 Å². The van der Waals surface area contributed by atoms with Crippen molar-refractivity contribution < 1.29 is 54.3 Å². The van der Waals surface area contributed by atoms with Crippen LogP contribution in [0.2, 0.25) is 0 Å². The molecule has 240 valence electrons. The van der Waals surface area contributed by atoms with Crippen LogP contribution >= 0.6 is 0 Å². The Balaban J connectivity index is 1.38. The molecule has 0 amide bonds. The smallest absolute Gasteiger partial charge is 0.186 e. The summed E-state index contributed by atoms with van der Waals surface area (Å²) in [4.78, 5) is 0. The minimum atomic E-state index is -1.55. The third-order valence-corrected chi connectivity index (χ3v) is 10.7. The molecule has 0 aromatic rings. The molecule has 3 aliphatic heterocycles. The van der Waals surface area contributed by atoms with Crippen molar-refractivity contribution >= 4 is 0 Å². The van der Waals surface area contributed by atoms with Crippen molar-refractivity contribution in [2.45, 2.75) is 146 Å².